The van der Waals surface area contributed by atoms with Crippen molar-refractivity contribution in [2.75, 3.05) is 54.8 Å². The van der Waals surface area contributed by atoms with Crippen LogP contribution in [0.25, 0.3) is 5.65 Å². The van der Waals surface area contributed by atoms with Gasteiger partial charge in [0.15, 0.2) is 11.5 Å². The van der Waals surface area contributed by atoms with Crippen LogP contribution in [0.1, 0.15) is 38.4 Å². The van der Waals surface area contributed by atoms with E-state index in [2.05, 4.69) is 35.8 Å². The highest BCUT2D eigenvalue weighted by atomic mass is 32.2. The van der Waals surface area contributed by atoms with E-state index in [-0.39, 0.29) is 28.2 Å². The monoisotopic (exact) mass is 790 g/mol. The summed E-state index contributed by atoms with van der Waals surface area (Å²) in [6, 6.07) is 23.6. The average molecular weight is 791 g/mol. The molecule has 2 amide bonds. The standard InChI is InChI=1S/C40H42N10O6S/c1-48(2)19-17-28(26-56-29-9-4-3-5-10-29)42-33-15-14-30(22-35(33)46-53)57(54,55)47-40(52)34-12-7-13-37(43-34)49-20-16-27-8-6-11-31(32(27)24-49)39(51)45-36-25-50-21-18-41-23-38(50)44-36/h3-15,18,21-23,25,28,42,46,53H,16-17,19-20,24,26H2,1-2H3,(H,45,51)(H,47,52)/t28-/m1/s1. The van der Waals surface area contributed by atoms with Gasteiger partial charge in [-0.15, -0.1) is 0 Å². The molecule has 16 nitrogen and oxygen atoms in total. The summed E-state index contributed by atoms with van der Waals surface area (Å²) in [5.41, 5.74) is 5.39. The summed E-state index contributed by atoms with van der Waals surface area (Å²) in [5, 5.41) is 16.2. The van der Waals surface area contributed by atoms with Gasteiger partial charge in [-0.2, -0.15) is 0 Å². The van der Waals surface area contributed by atoms with Crippen LogP contribution in [0.15, 0.2) is 115 Å². The lowest BCUT2D eigenvalue weighted by atomic mass is 9.94. The number of pyridine rings is 1. The second-order valence-corrected chi connectivity index (χ2v) is 15.4. The van der Waals surface area contributed by atoms with E-state index in [0.717, 1.165) is 17.7 Å². The smallest absolute Gasteiger partial charge is 0.283 e. The Morgan fingerprint density at radius 1 is 0.965 bits per heavy atom. The lowest BCUT2D eigenvalue weighted by molar-refractivity contribution is 0.0975. The normalized spacial score (nSPS) is 13.2. The number of nitrogens with one attached hydrogen (secondary N) is 4. The van der Waals surface area contributed by atoms with Crippen molar-refractivity contribution in [2.24, 2.45) is 0 Å². The molecule has 0 bridgehead atoms. The fourth-order valence-electron chi connectivity index (χ4n) is 6.49. The molecular weight excluding hydrogens is 749 g/mol. The van der Waals surface area contributed by atoms with Crippen LogP contribution in [-0.2, 0) is 23.0 Å². The molecule has 0 radical (unpaired) electrons. The number of hydrogen-bond donors (Lipinski definition) is 5. The number of aromatic nitrogens is 4. The van der Waals surface area contributed by atoms with Gasteiger partial charge in [-0.25, -0.2) is 23.1 Å². The first-order chi connectivity index (χ1) is 27.6. The third kappa shape index (κ3) is 9.29. The number of amides is 2. The van der Waals surface area contributed by atoms with Gasteiger partial charge < -0.3 is 29.6 Å². The van der Waals surface area contributed by atoms with E-state index in [1.807, 2.05) is 66.4 Å². The zero-order chi connectivity index (χ0) is 39.9. The van der Waals surface area contributed by atoms with Gasteiger partial charge in [-0.05, 0) is 93.1 Å². The van der Waals surface area contributed by atoms with Crippen molar-refractivity contribution >= 4 is 50.5 Å². The maximum Gasteiger partial charge on any atom is 0.283 e. The fraction of sp³-hybridized carbons (Fsp3) is 0.225. The lowest BCUT2D eigenvalue weighted by Gasteiger charge is -2.31. The van der Waals surface area contributed by atoms with Crippen LogP contribution in [0, 0.1) is 0 Å². The highest BCUT2D eigenvalue weighted by molar-refractivity contribution is 7.90. The minimum absolute atomic E-state index is 0.0917. The molecular formula is C40H42N10O6S. The predicted molar refractivity (Wildman–Crippen MR) is 215 cm³/mol. The Morgan fingerprint density at radius 3 is 2.58 bits per heavy atom. The quantitative estimate of drug-likeness (QED) is 0.0902. The first-order valence-corrected chi connectivity index (χ1v) is 19.7. The van der Waals surface area contributed by atoms with Gasteiger partial charge in [0.2, 0.25) is 0 Å². The Morgan fingerprint density at radius 2 is 1.79 bits per heavy atom. The number of fused-ring (bicyclic) bond motifs is 2. The first kappa shape index (κ1) is 38.7. The van der Waals surface area contributed by atoms with E-state index >= 15 is 0 Å². The third-order valence-electron chi connectivity index (χ3n) is 9.44. The summed E-state index contributed by atoms with van der Waals surface area (Å²) in [7, 11) is -0.473. The minimum Gasteiger partial charge on any atom is -0.491 e. The SMILES string of the molecule is CN(C)CC[C@H](COc1ccccc1)Nc1ccc(S(=O)(=O)NC(=O)c2cccc(N3CCc4cccc(C(=O)Nc5cn6ccncc6n5)c4C3)n2)cc1NO. The molecule has 0 saturated heterocycles. The lowest BCUT2D eigenvalue weighted by Crippen LogP contribution is -2.34. The summed E-state index contributed by atoms with van der Waals surface area (Å²) in [6.07, 6.45) is 7.98. The van der Waals surface area contributed by atoms with Gasteiger partial charge in [-0.1, -0.05) is 36.4 Å². The molecule has 0 fully saturated rings. The number of para-hydroxylation sites is 1. The van der Waals surface area contributed by atoms with Crippen LogP contribution in [0.2, 0.25) is 0 Å². The summed E-state index contributed by atoms with van der Waals surface area (Å²) < 4.78 is 36.8. The Bertz CT molecular complexity index is 2460. The highest BCUT2D eigenvalue weighted by Crippen LogP contribution is 2.29. The van der Waals surface area contributed by atoms with Crippen molar-refractivity contribution in [1.29, 1.82) is 0 Å². The van der Waals surface area contributed by atoms with Crippen LogP contribution < -0.4 is 30.5 Å². The first-order valence-electron chi connectivity index (χ1n) is 18.2. The maximum atomic E-state index is 13.5. The number of rotatable bonds is 15. The number of ether oxygens (including phenoxy) is 1. The number of hydrogen-bond acceptors (Lipinski definition) is 13. The molecule has 17 heteroatoms. The number of imidazole rings is 1. The number of benzene rings is 3. The molecule has 294 valence electrons. The van der Waals surface area contributed by atoms with E-state index < -0.39 is 15.9 Å². The second kappa shape index (κ2) is 17.1. The molecule has 1 aliphatic rings. The summed E-state index contributed by atoms with van der Waals surface area (Å²) >= 11 is 0. The van der Waals surface area contributed by atoms with Crippen LogP contribution in [0.4, 0.5) is 23.0 Å². The van der Waals surface area contributed by atoms with Gasteiger partial charge in [-0.3, -0.25) is 25.3 Å². The predicted octanol–water partition coefficient (Wildman–Crippen LogP) is 4.67. The van der Waals surface area contributed by atoms with Crippen molar-refractivity contribution in [1.82, 2.24) is 29.0 Å². The molecule has 0 unspecified atom stereocenters. The van der Waals surface area contributed by atoms with Gasteiger partial charge in [0.1, 0.15) is 23.9 Å². The van der Waals surface area contributed by atoms with Gasteiger partial charge in [0, 0.05) is 31.0 Å². The molecule has 1 atom stereocenters. The second-order valence-electron chi connectivity index (χ2n) is 13.7. The molecule has 0 aliphatic carbocycles. The zero-order valence-corrected chi connectivity index (χ0v) is 32.1. The molecule has 3 aromatic carbocycles. The Hall–Kier alpha value is -6.56. The van der Waals surface area contributed by atoms with Crippen LogP contribution in [0.3, 0.4) is 0 Å². The number of carbonyl (C=O) groups excluding carboxylic acids is 2. The fourth-order valence-corrected chi connectivity index (χ4v) is 7.48. The van der Waals surface area contributed by atoms with Crippen LogP contribution in [-0.4, -0.2) is 89.5 Å². The molecule has 0 saturated carbocycles. The van der Waals surface area contributed by atoms with Gasteiger partial charge in [0.05, 0.1) is 34.7 Å². The molecule has 57 heavy (non-hydrogen) atoms. The summed E-state index contributed by atoms with van der Waals surface area (Å²) in [5.74, 6) is 0.289. The maximum absolute atomic E-state index is 13.5. The number of nitrogens with zero attached hydrogens (tertiary/aromatic N) is 6. The Balaban J connectivity index is 1.03. The van der Waals surface area contributed by atoms with Crippen LogP contribution in [0.5, 0.6) is 5.75 Å². The van der Waals surface area contributed by atoms with Crippen molar-refractivity contribution in [3.63, 3.8) is 0 Å². The Kier molecular flexibility index (Phi) is 11.6. The molecule has 6 aromatic rings. The van der Waals surface area contributed by atoms with Crippen LogP contribution >= 0.6 is 0 Å². The largest absolute Gasteiger partial charge is 0.491 e. The van der Waals surface area contributed by atoms with Crippen molar-refractivity contribution in [3.05, 3.63) is 132 Å². The summed E-state index contributed by atoms with van der Waals surface area (Å²) in [6.45, 7) is 1.95. The van der Waals surface area contributed by atoms with Crippen molar-refractivity contribution in [2.45, 2.75) is 30.3 Å². The molecule has 4 heterocycles. The Labute approximate surface area is 329 Å². The number of anilines is 4. The number of sulfonamides is 1. The highest BCUT2D eigenvalue weighted by Gasteiger charge is 2.26. The molecule has 5 N–H and O–H groups in total. The van der Waals surface area contributed by atoms with E-state index in [9.17, 15) is 23.2 Å². The molecule has 0 spiro atoms. The third-order valence-corrected chi connectivity index (χ3v) is 10.8. The topological polar surface area (TPSA) is 195 Å². The number of carbonyl (C=O) groups is 2. The van der Waals surface area contributed by atoms with E-state index in [1.54, 1.807) is 47.4 Å². The summed E-state index contributed by atoms with van der Waals surface area (Å²) in [4.78, 5) is 43.6. The zero-order valence-electron chi connectivity index (χ0n) is 31.3. The van der Waals surface area contributed by atoms with Crippen molar-refractivity contribution in [3.8, 4) is 5.75 Å². The van der Waals surface area contributed by atoms with E-state index in [1.165, 1.54) is 24.3 Å². The van der Waals surface area contributed by atoms with Gasteiger partial charge in [0.25, 0.3) is 21.8 Å². The average Bonchev–Trinajstić information content (AvgIpc) is 3.64. The molecule has 1 aliphatic heterocycles. The van der Waals surface area contributed by atoms with Crippen molar-refractivity contribution < 1.29 is 28.0 Å². The molecule has 7 rings (SSSR count). The van der Waals surface area contributed by atoms with Gasteiger partial charge >= 0.3 is 0 Å². The minimum atomic E-state index is -4.40. The van der Waals surface area contributed by atoms with E-state index in [0.29, 0.717) is 66.8 Å². The molecule has 3 aromatic heterocycles. The van der Waals surface area contributed by atoms with E-state index in [4.69, 9.17) is 4.74 Å².